The Morgan fingerprint density at radius 2 is 1.88 bits per heavy atom. The molecule has 1 saturated heterocycles. The number of amides is 1. The average Bonchev–Trinajstić information content (AvgIpc) is 2.64. The third-order valence-corrected chi connectivity index (χ3v) is 3.84. The van der Waals surface area contributed by atoms with Crippen LogP contribution in [-0.2, 0) is 14.3 Å². The first-order chi connectivity index (χ1) is 12.0. The van der Waals surface area contributed by atoms with Gasteiger partial charge in [-0.15, -0.1) is 0 Å². The first-order valence-corrected chi connectivity index (χ1v) is 7.87. The molecule has 2 rings (SSSR count). The molecule has 1 heterocycles. The van der Waals surface area contributed by atoms with E-state index < -0.39 is 5.97 Å². The number of esters is 1. The van der Waals surface area contributed by atoms with Crippen molar-refractivity contribution in [2.45, 2.75) is 13.0 Å². The summed E-state index contributed by atoms with van der Waals surface area (Å²) in [4.78, 5) is 26.1. The molecule has 0 bridgehead atoms. The summed E-state index contributed by atoms with van der Waals surface area (Å²) in [7, 11) is 4.34. The van der Waals surface area contributed by atoms with Gasteiger partial charge in [-0.3, -0.25) is 4.79 Å². The Kier molecular flexibility index (Phi) is 6.46. The molecule has 0 radical (unpaired) electrons. The van der Waals surface area contributed by atoms with Crippen LogP contribution in [0, 0.1) is 0 Å². The summed E-state index contributed by atoms with van der Waals surface area (Å²) >= 11 is 0. The molecule has 0 N–H and O–H groups in total. The van der Waals surface area contributed by atoms with E-state index in [9.17, 15) is 9.59 Å². The Balaban J connectivity index is 2.06. The number of ether oxygens (including phenoxy) is 5. The highest BCUT2D eigenvalue weighted by Crippen LogP contribution is 2.39. The highest BCUT2D eigenvalue weighted by atomic mass is 16.5. The average molecular weight is 353 g/mol. The predicted octanol–water partition coefficient (Wildman–Crippen LogP) is 1.12. The van der Waals surface area contributed by atoms with Gasteiger partial charge < -0.3 is 28.6 Å². The van der Waals surface area contributed by atoms with E-state index in [4.69, 9.17) is 23.7 Å². The highest BCUT2D eigenvalue weighted by Gasteiger charge is 2.25. The zero-order valence-corrected chi connectivity index (χ0v) is 14.9. The number of carbonyl (C=O) groups excluding carboxylic acids is 2. The van der Waals surface area contributed by atoms with Crippen LogP contribution in [0.2, 0.25) is 0 Å². The topological polar surface area (TPSA) is 83.5 Å². The van der Waals surface area contributed by atoms with Crippen molar-refractivity contribution in [3.05, 3.63) is 17.7 Å². The lowest BCUT2D eigenvalue weighted by molar-refractivity contribution is -0.141. The van der Waals surface area contributed by atoms with Crippen molar-refractivity contribution in [2.75, 3.05) is 47.6 Å². The number of methoxy groups -OCH3 is 3. The van der Waals surface area contributed by atoms with Gasteiger partial charge in [0.2, 0.25) is 5.75 Å². The second-order valence-corrected chi connectivity index (χ2v) is 5.48. The first kappa shape index (κ1) is 18.9. The fourth-order valence-corrected chi connectivity index (χ4v) is 2.60. The number of carbonyl (C=O) groups is 2. The van der Waals surface area contributed by atoms with Crippen molar-refractivity contribution in [1.82, 2.24) is 4.90 Å². The molecule has 0 aromatic heterocycles. The molecule has 138 valence electrons. The molecule has 1 unspecified atom stereocenters. The summed E-state index contributed by atoms with van der Waals surface area (Å²) < 4.78 is 26.2. The maximum atomic E-state index is 12.3. The van der Waals surface area contributed by atoms with Crippen LogP contribution in [0.1, 0.15) is 17.3 Å². The van der Waals surface area contributed by atoms with Crippen molar-refractivity contribution in [2.24, 2.45) is 0 Å². The molecule has 25 heavy (non-hydrogen) atoms. The molecule has 1 aromatic rings. The van der Waals surface area contributed by atoms with Crippen LogP contribution in [0.3, 0.4) is 0 Å². The fraction of sp³-hybridized carbons (Fsp3) is 0.529. The molecule has 8 nitrogen and oxygen atoms in total. The van der Waals surface area contributed by atoms with Gasteiger partial charge in [0.15, 0.2) is 18.1 Å². The summed E-state index contributed by atoms with van der Waals surface area (Å²) in [6, 6.07) is 3.08. The molecule has 1 aliphatic heterocycles. The van der Waals surface area contributed by atoms with Crippen molar-refractivity contribution in [3.63, 3.8) is 0 Å². The van der Waals surface area contributed by atoms with Crippen molar-refractivity contribution < 1.29 is 33.3 Å². The third kappa shape index (κ3) is 4.33. The normalized spacial score (nSPS) is 17.0. The number of hydrogen-bond donors (Lipinski definition) is 0. The summed E-state index contributed by atoms with van der Waals surface area (Å²) in [6.45, 7) is 2.99. The van der Waals surface area contributed by atoms with E-state index in [1.807, 2.05) is 6.92 Å². The minimum absolute atomic E-state index is 0.0284. The summed E-state index contributed by atoms with van der Waals surface area (Å²) in [6.07, 6.45) is -0.0284. The lowest BCUT2D eigenvalue weighted by Crippen LogP contribution is -2.46. The smallest absolute Gasteiger partial charge is 0.342 e. The summed E-state index contributed by atoms with van der Waals surface area (Å²) in [5.74, 6) is -0.0308. The van der Waals surface area contributed by atoms with Crippen molar-refractivity contribution in [3.8, 4) is 17.2 Å². The van der Waals surface area contributed by atoms with Crippen LogP contribution < -0.4 is 14.2 Å². The van der Waals surface area contributed by atoms with Gasteiger partial charge in [-0.25, -0.2) is 4.79 Å². The summed E-state index contributed by atoms with van der Waals surface area (Å²) in [5, 5.41) is 0. The zero-order valence-electron chi connectivity index (χ0n) is 14.9. The number of rotatable bonds is 6. The van der Waals surface area contributed by atoms with E-state index >= 15 is 0 Å². The number of hydrogen-bond acceptors (Lipinski definition) is 7. The minimum Gasteiger partial charge on any atom is -0.493 e. The maximum Gasteiger partial charge on any atom is 0.342 e. The first-order valence-electron chi connectivity index (χ1n) is 7.87. The molecular formula is C17H23NO7. The Morgan fingerprint density at radius 1 is 1.16 bits per heavy atom. The van der Waals surface area contributed by atoms with Crippen LogP contribution in [0.5, 0.6) is 17.2 Å². The van der Waals surface area contributed by atoms with Crippen LogP contribution in [0.4, 0.5) is 0 Å². The van der Waals surface area contributed by atoms with Gasteiger partial charge in [0, 0.05) is 13.1 Å². The van der Waals surface area contributed by atoms with Gasteiger partial charge in [-0.1, -0.05) is 0 Å². The molecule has 1 amide bonds. The maximum absolute atomic E-state index is 12.3. The van der Waals surface area contributed by atoms with E-state index in [0.717, 1.165) is 0 Å². The Labute approximate surface area is 146 Å². The molecule has 0 aliphatic carbocycles. The zero-order chi connectivity index (χ0) is 18.4. The van der Waals surface area contributed by atoms with E-state index in [-0.39, 0.29) is 35.7 Å². The molecule has 0 spiro atoms. The molecule has 1 aromatic carbocycles. The third-order valence-electron chi connectivity index (χ3n) is 3.84. The Bertz CT molecular complexity index is 632. The van der Waals surface area contributed by atoms with Crippen LogP contribution >= 0.6 is 0 Å². The summed E-state index contributed by atoms with van der Waals surface area (Å²) in [5.41, 5.74) is 0.156. The van der Waals surface area contributed by atoms with Crippen LogP contribution in [-0.4, -0.2) is 70.5 Å². The van der Waals surface area contributed by atoms with Gasteiger partial charge >= 0.3 is 5.97 Å². The SMILES string of the molecule is COc1ccc(C(=O)OCC(=O)N2CCOC(C)C2)c(OC)c1OC. The van der Waals surface area contributed by atoms with Crippen LogP contribution in [0.25, 0.3) is 0 Å². The molecule has 8 heteroatoms. The van der Waals surface area contributed by atoms with Gasteiger partial charge in [-0.2, -0.15) is 0 Å². The van der Waals surface area contributed by atoms with Crippen molar-refractivity contribution in [1.29, 1.82) is 0 Å². The Hall–Kier alpha value is -2.48. The second-order valence-electron chi connectivity index (χ2n) is 5.48. The number of benzene rings is 1. The van der Waals surface area contributed by atoms with Gasteiger partial charge in [0.1, 0.15) is 5.56 Å². The molecule has 1 atom stereocenters. The highest BCUT2D eigenvalue weighted by molar-refractivity contribution is 5.95. The lowest BCUT2D eigenvalue weighted by atomic mass is 10.1. The van der Waals surface area contributed by atoms with E-state index in [2.05, 4.69) is 0 Å². The van der Waals surface area contributed by atoms with Gasteiger partial charge in [0.25, 0.3) is 5.91 Å². The van der Waals surface area contributed by atoms with Crippen molar-refractivity contribution >= 4 is 11.9 Å². The van der Waals surface area contributed by atoms with Gasteiger partial charge in [-0.05, 0) is 19.1 Å². The Morgan fingerprint density at radius 3 is 2.48 bits per heavy atom. The fourth-order valence-electron chi connectivity index (χ4n) is 2.60. The predicted molar refractivity (Wildman–Crippen MR) is 88.4 cm³/mol. The monoisotopic (exact) mass is 353 g/mol. The van der Waals surface area contributed by atoms with E-state index in [1.165, 1.54) is 27.4 Å². The van der Waals surface area contributed by atoms with E-state index in [1.54, 1.807) is 11.0 Å². The van der Waals surface area contributed by atoms with Crippen LogP contribution in [0.15, 0.2) is 12.1 Å². The minimum atomic E-state index is -0.674. The molecule has 1 fully saturated rings. The lowest BCUT2D eigenvalue weighted by Gasteiger charge is -2.30. The largest absolute Gasteiger partial charge is 0.493 e. The number of morpholine rings is 1. The van der Waals surface area contributed by atoms with E-state index in [0.29, 0.717) is 25.4 Å². The standard InChI is InChI=1S/C17H23NO7/c1-11-9-18(7-8-24-11)14(19)10-25-17(20)12-5-6-13(21-2)16(23-4)15(12)22-3/h5-6,11H,7-10H2,1-4H3. The number of nitrogens with zero attached hydrogens (tertiary/aromatic N) is 1. The molecule has 1 aliphatic rings. The second kappa shape index (κ2) is 8.57. The molecular weight excluding hydrogens is 330 g/mol. The molecule has 0 saturated carbocycles. The van der Waals surface area contributed by atoms with Gasteiger partial charge in [0.05, 0.1) is 34.0 Å². The quantitative estimate of drug-likeness (QED) is 0.709.